The van der Waals surface area contributed by atoms with Gasteiger partial charge in [0.1, 0.15) is 0 Å². The fraction of sp³-hybridized carbons (Fsp3) is 0.438. The Kier molecular flexibility index (Phi) is 5.47. The molecular formula is C16H20N2O6S2. The van der Waals surface area contributed by atoms with Gasteiger partial charge in [-0.1, -0.05) is 12.1 Å². The quantitative estimate of drug-likeness (QED) is 0.775. The summed E-state index contributed by atoms with van der Waals surface area (Å²) >= 11 is 0. The number of hydrogen-bond donors (Lipinski definition) is 1. The predicted molar refractivity (Wildman–Crippen MR) is 95.7 cm³/mol. The molecule has 26 heavy (non-hydrogen) atoms. The van der Waals surface area contributed by atoms with E-state index in [1.807, 2.05) is 0 Å². The van der Waals surface area contributed by atoms with E-state index in [1.54, 1.807) is 12.1 Å². The van der Waals surface area contributed by atoms with E-state index in [4.69, 9.17) is 4.74 Å². The summed E-state index contributed by atoms with van der Waals surface area (Å²) in [6.07, 6.45) is 1.53. The second kappa shape index (κ2) is 7.47. The Morgan fingerprint density at radius 1 is 1.27 bits per heavy atom. The number of carbonyl (C=O) groups is 1. The van der Waals surface area contributed by atoms with Crippen LogP contribution in [0.15, 0.2) is 40.6 Å². The van der Waals surface area contributed by atoms with Crippen LogP contribution in [-0.4, -0.2) is 59.1 Å². The largest absolute Gasteiger partial charge is 0.379 e. The lowest BCUT2D eigenvalue weighted by Gasteiger charge is -2.26. The molecule has 0 aliphatic carbocycles. The molecule has 0 bridgehead atoms. The van der Waals surface area contributed by atoms with Gasteiger partial charge in [-0.05, 0) is 18.2 Å². The summed E-state index contributed by atoms with van der Waals surface area (Å²) < 4.78 is 54.6. The minimum Gasteiger partial charge on any atom is -0.379 e. The Hall–Kier alpha value is -1.75. The number of carbonyl (C=O) groups excluding carboxylic acids is 1. The summed E-state index contributed by atoms with van der Waals surface area (Å²) in [6.45, 7) is 1.30. The zero-order valence-corrected chi connectivity index (χ0v) is 15.6. The van der Waals surface area contributed by atoms with Crippen LogP contribution in [-0.2, 0) is 29.4 Å². The number of nitrogens with zero attached hydrogens (tertiary/aromatic N) is 1. The van der Waals surface area contributed by atoms with Crippen LogP contribution >= 0.6 is 0 Å². The van der Waals surface area contributed by atoms with E-state index in [-0.39, 0.29) is 28.9 Å². The van der Waals surface area contributed by atoms with Crippen molar-refractivity contribution in [2.75, 3.05) is 37.4 Å². The third-order valence-corrected chi connectivity index (χ3v) is 7.54. The van der Waals surface area contributed by atoms with E-state index in [9.17, 15) is 21.6 Å². The number of anilines is 1. The van der Waals surface area contributed by atoms with E-state index >= 15 is 0 Å². The number of nitrogens with one attached hydrogen (secondary N) is 1. The number of benzene rings is 1. The molecule has 1 aromatic rings. The number of hydrogen-bond acceptors (Lipinski definition) is 6. The molecule has 1 aromatic carbocycles. The fourth-order valence-electron chi connectivity index (χ4n) is 2.89. The zero-order chi connectivity index (χ0) is 18.8. The maximum atomic E-state index is 12.7. The molecule has 0 saturated carbocycles. The van der Waals surface area contributed by atoms with Gasteiger partial charge >= 0.3 is 0 Å². The molecule has 1 fully saturated rings. The molecule has 10 heteroatoms. The molecule has 1 N–H and O–H groups in total. The van der Waals surface area contributed by atoms with Crippen molar-refractivity contribution in [2.45, 2.75) is 11.3 Å². The summed E-state index contributed by atoms with van der Waals surface area (Å²) in [6, 6.07) is 6.04. The molecular weight excluding hydrogens is 380 g/mol. The van der Waals surface area contributed by atoms with E-state index in [2.05, 4.69) is 5.32 Å². The molecule has 0 spiro atoms. The number of amides is 1. The van der Waals surface area contributed by atoms with E-state index in [1.165, 1.54) is 22.5 Å². The van der Waals surface area contributed by atoms with Gasteiger partial charge in [0.15, 0.2) is 9.84 Å². The Bertz CT molecular complexity index is 918. The third kappa shape index (κ3) is 4.50. The molecule has 0 radical (unpaired) electrons. The SMILES string of the molecule is O=C(C[C@H]1C=CS(=O)(=O)C1)Nc1cccc(S(=O)(=O)N2CCOCC2)c1. The van der Waals surface area contributed by atoms with E-state index in [0.29, 0.717) is 32.0 Å². The number of ether oxygens (including phenoxy) is 1. The lowest BCUT2D eigenvalue weighted by molar-refractivity contribution is -0.116. The maximum absolute atomic E-state index is 12.7. The van der Waals surface area contributed by atoms with Crippen molar-refractivity contribution in [3.63, 3.8) is 0 Å². The maximum Gasteiger partial charge on any atom is 0.243 e. The molecule has 2 heterocycles. The minimum atomic E-state index is -3.65. The number of allylic oxidation sites excluding steroid dienone is 1. The molecule has 2 aliphatic heterocycles. The topological polar surface area (TPSA) is 110 Å². The molecule has 8 nitrogen and oxygen atoms in total. The summed E-state index contributed by atoms with van der Waals surface area (Å²) in [5.41, 5.74) is 0.356. The number of morpholine rings is 1. The summed E-state index contributed by atoms with van der Waals surface area (Å²) in [7, 11) is -6.85. The van der Waals surface area contributed by atoms with Crippen LogP contribution in [0.5, 0.6) is 0 Å². The van der Waals surface area contributed by atoms with Gasteiger partial charge in [-0.2, -0.15) is 4.31 Å². The summed E-state index contributed by atoms with van der Waals surface area (Å²) in [5.74, 6) is -0.802. The number of rotatable bonds is 5. The average Bonchev–Trinajstić information content (AvgIpc) is 2.94. The van der Waals surface area contributed by atoms with Crippen LogP contribution in [0.25, 0.3) is 0 Å². The normalized spacial score (nSPS) is 23.0. The Morgan fingerprint density at radius 3 is 2.65 bits per heavy atom. The van der Waals surface area contributed by atoms with Gasteiger partial charge in [0.25, 0.3) is 0 Å². The van der Waals surface area contributed by atoms with Crippen LogP contribution in [0, 0.1) is 5.92 Å². The first-order valence-electron chi connectivity index (χ1n) is 8.15. The Morgan fingerprint density at radius 2 is 2.00 bits per heavy atom. The summed E-state index contributed by atoms with van der Waals surface area (Å²) in [4.78, 5) is 12.2. The highest BCUT2D eigenvalue weighted by molar-refractivity contribution is 7.94. The van der Waals surface area contributed by atoms with Gasteiger partial charge in [0.05, 0.1) is 23.9 Å². The number of sulfonamides is 1. The second-order valence-corrected chi connectivity index (χ2v) is 10.1. The van der Waals surface area contributed by atoms with Gasteiger partial charge in [0, 0.05) is 36.5 Å². The van der Waals surface area contributed by atoms with Crippen LogP contribution < -0.4 is 5.32 Å². The highest BCUT2D eigenvalue weighted by Crippen LogP contribution is 2.22. The molecule has 2 aliphatic rings. The van der Waals surface area contributed by atoms with E-state index < -0.39 is 19.9 Å². The van der Waals surface area contributed by atoms with Crippen LogP contribution in [0.3, 0.4) is 0 Å². The minimum absolute atomic E-state index is 0.0240. The van der Waals surface area contributed by atoms with Gasteiger partial charge in [-0.15, -0.1) is 0 Å². The Balaban J connectivity index is 1.67. The van der Waals surface area contributed by atoms with Crippen LogP contribution in [0.1, 0.15) is 6.42 Å². The zero-order valence-electron chi connectivity index (χ0n) is 14.0. The molecule has 1 atom stereocenters. The van der Waals surface area contributed by atoms with Crippen molar-refractivity contribution < 1.29 is 26.4 Å². The van der Waals surface area contributed by atoms with Crippen molar-refractivity contribution in [3.05, 3.63) is 35.7 Å². The first-order chi connectivity index (χ1) is 12.3. The monoisotopic (exact) mass is 400 g/mol. The molecule has 3 rings (SSSR count). The van der Waals surface area contributed by atoms with Crippen molar-refractivity contribution >= 4 is 31.5 Å². The van der Waals surface area contributed by atoms with Gasteiger partial charge < -0.3 is 10.1 Å². The van der Waals surface area contributed by atoms with Gasteiger partial charge in [-0.3, -0.25) is 4.79 Å². The van der Waals surface area contributed by atoms with Gasteiger partial charge in [0.2, 0.25) is 15.9 Å². The van der Waals surface area contributed by atoms with Crippen LogP contribution in [0.4, 0.5) is 5.69 Å². The highest BCUT2D eigenvalue weighted by atomic mass is 32.2. The second-order valence-electron chi connectivity index (χ2n) is 6.21. The summed E-state index contributed by atoms with van der Waals surface area (Å²) in [5, 5.41) is 3.76. The molecule has 142 valence electrons. The lowest BCUT2D eigenvalue weighted by Crippen LogP contribution is -2.40. The standard InChI is InChI=1S/C16H20N2O6S2/c19-16(10-13-4-9-25(20,21)12-13)17-14-2-1-3-15(11-14)26(22,23)18-5-7-24-8-6-18/h1-4,9,11,13H,5-8,10,12H2,(H,17,19)/t13-/m1/s1. The Labute approximate surface area is 152 Å². The third-order valence-electron chi connectivity index (χ3n) is 4.18. The van der Waals surface area contributed by atoms with E-state index in [0.717, 1.165) is 5.41 Å². The molecule has 0 unspecified atom stereocenters. The van der Waals surface area contributed by atoms with Gasteiger partial charge in [-0.25, -0.2) is 16.8 Å². The fourth-order valence-corrected chi connectivity index (χ4v) is 5.74. The van der Waals surface area contributed by atoms with Crippen LogP contribution in [0.2, 0.25) is 0 Å². The predicted octanol–water partition coefficient (Wildman–Crippen LogP) is 0.594. The van der Waals surface area contributed by atoms with Crippen molar-refractivity contribution in [2.24, 2.45) is 5.92 Å². The van der Waals surface area contributed by atoms with Crippen molar-refractivity contribution in [3.8, 4) is 0 Å². The van der Waals surface area contributed by atoms with Crippen molar-refractivity contribution in [1.82, 2.24) is 4.31 Å². The molecule has 1 amide bonds. The molecule has 1 saturated heterocycles. The first kappa shape index (κ1) is 19.0. The molecule has 0 aromatic heterocycles. The van der Waals surface area contributed by atoms with Crippen molar-refractivity contribution in [1.29, 1.82) is 0 Å². The smallest absolute Gasteiger partial charge is 0.243 e. The average molecular weight is 400 g/mol. The lowest BCUT2D eigenvalue weighted by atomic mass is 10.1. The number of sulfone groups is 1. The highest BCUT2D eigenvalue weighted by Gasteiger charge is 2.27. The first-order valence-corrected chi connectivity index (χ1v) is 11.3.